The SMILES string of the molecule is Cc1ccc(-c2nc(COC(=O)Cn3[nH]c(=O)c4ccccc4c3=O)cs2)cc1. The molecule has 29 heavy (non-hydrogen) atoms. The fraction of sp³-hybridized carbons (Fsp3) is 0.143. The molecule has 0 radical (unpaired) electrons. The third-order valence-electron chi connectivity index (χ3n) is 4.40. The van der Waals surface area contributed by atoms with E-state index in [4.69, 9.17) is 4.74 Å². The quantitative estimate of drug-likeness (QED) is 0.514. The Morgan fingerprint density at radius 2 is 1.83 bits per heavy atom. The van der Waals surface area contributed by atoms with E-state index in [1.807, 2.05) is 36.6 Å². The summed E-state index contributed by atoms with van der Waals surface area (Å²) in [6.45, 7) is 1.63. The van der Waals surface area contributed by atoms with Gasteiger partial charge in [-0.15, -0.1) is 11.3 Å². The Labute approximate surface area is 169 Å². The number of hydrogen-bond donors (Lipinski definition) is 1. The number of nitrogens with one attached hydrogen (secondary N) is 1. The van der Waals surface area contributed by atoms with Crippen LogP contribution in [0.5, 0.6) is 0 Å². The Hall–Kier alpha value is -3.52. The molecule has 0 amide bonds. The second-order valence-electron chi connectivity index (χ2n) is 6.55. The smallest absolute Gasteiger partial charge is 0.328 e. The van der Waals surface area contributed by atoms with Gasteiger partial charge >= 0.3 is 5.97 Å². The van der Waals surface area contributed by atoms with E-state index in [0.717, 1.165) is 15.3 Å². The van der Waals surface area contributed by atoms with Crippen molar-refractivity contribution in [1.82, 2.24) is 14.8 Å². The summed E-state index contributed by atoms with van der Waals surface area (Å²) in [5.74, 6) is -0.636. The maximum atomic E-state index is 12.4. The molecule has 2 aromatic carbocycles. The summed E-state index contributed by atoms with van der Waals surface area (Å²) in [6.07, 6.45) is 0. The minimum Gasteiger partial charge on any atom is -0.458 e. The van der Waals surface area contributed by atoms with Crippen LogP contribution in [0, 0.1) is 6.92 Å². The Morgan fingerprint density at radius 3 is 2.59 bits per heavy atom. The molecule has 0 bridgehead atoms. The zero-order valence-electron chi connectivity index (χ0n) is 15.5. The lowest BCUT2D eigenvalue weighted by atomic mass is 10.2. The Morgan fingerprint density at radius 1 is 1.10 bits per heavy atom. The standard InChI is InChI=1S/C21H17N3O4S/c1-13-6-8-14(9-7-13)20-22-15(12-29-20)11-28-18(25)10-24-21(27)17-5-3-2-4-16(17)19(26)23-24/h2-9,12H,10-11H2,1H3,(H,23,26). The van der Waals surface area contributed by atoms with Crippen molar-refractivity contribution >= 4 is 28.1 Å². The Kier molecular flexibility index (Phi) is 5.09. The molecule has 4 rings (SSSR count). The van der Waals surface area contributed by atoms with E-state index < -0.39 is 17.1 Å². The van der Waals surface area contributed by atoms with Crippen molar-refractivity contribution in [3.8, 4) is 10.6 Å². The average molecular weight is 407 g/mol. The normalized spacial score (nSPS) is 10.9. The number of rotatable bonds is 5. The van der Waals surface area contributed by atoms with Gasteiger partial charge in [0.1, 0.15) is 18.2 Å². The zero-order chi connectivity index (χ0) is 20.4. The number of benzene rings is 2. The van der Waals surface area contributed by atoms with E-state index in [1.54, 1.807) is 24.3 Å². The molecule has 146 valence electrons. The molecule has 0 aliphatic carbocycles. The van der Waals surface area contributed by atoms with E-state index in [2.05, 4.69) is 10.1 Å². The number of ether oxygens (including phenoxy) is 1. The molecule has 1 N–H and O–H groups in total. The molecule has 2 heterocycles. The van der Waals surface area contributed by atoms with Crippen LogP contribution in [0.1, 0.15) is 11.3 Å². The maximum absolute atomic E-state index is 12.4. The highest BCUT2D eigenvalue weighted by molar-refractivity contribution is 7.13. The van der Waals surface area contributed by atoms with Crippen LogP contribution in [0.3, 0.4) is 0 Å². The number of thiazole rings is 1. The number of esters is 1. The van der Waals surface area contributed by atoms with Gasteiger partial charge in [-0.1, -0.05) is 42.0 Å². The van der Waals surface area contributed by atoms with Crippen molar-refractivity contribution in [2.24, 2.45) is 0 Å². The molecule has 0 aliphatic rings. The van der Waals surface area contributed by atoms with E-state index in [0.29, 0.717) is 5.69 Å². The monoisotopic (exact) mass is 407 g/mol. The van der Waals surface area contributed by atoms with Gasteiger partial charge in [-0.3, -0.25) is 19.5 Å². The van der Waals surface area contributed by atoms with Gasteiger partial charge in [0, 0.05) is 10.9 Å². The van der Waals surface area contributed by atoms with Gasteiger partial charge in [-0.2, -0.15) is 0 Å². The van der Waals surface area contributed by atoms with Gasteiger partial charge in [0.2, 0.25) is 0 Å². The molecule has 0 fully saturated rings. The molecule has 0 saturated carbocycles. The van der Waals surface area contributed by atoms with Crippen molar-refractivity contribution in [3.63, 3.8) is 0 Å². The summed E-state index contributed by atoms with van der Waals surface area (Å²) in [4.78, 5) is 41.2. The van der Waals surface area contributed by atoms with Gasteiger partial charge in [0.15, 0.2) is 0 Å². The molecule has 4 aromatic rings. The van der Waals surface area contributed by atoms with Crippen LogP contribution < -0.4 is 11.1 Å². The van der Waals surface area contributed by atoms with Crippen molar-refractivity contribution in [2.75, 3.05) is 0 Å². The average Bonchev–Trinajstić information content (AvgIpc) is 3.20. The maximum Gasteiger partial charge on any atom is 0.328 e. The molecule has 0 aliphatic heterocycles. The van der Waals surface area contributed by atoms with Gasteiger partial charge in [-0.25, -0.2) is 9.67 Å². The predicted molar refractivity (Wildman–Crippen MR) is 111 cm³/mol. The van der Waals surface area contributed by atoms with E-state index in [1.165, 1.54) is 16.9 Å². The minimum atomic E-state index is -0.636. The number of carbonyl (C=O) groups excluding carboxylic acids is 1. The summed E-state index contributed by atoms with van der Waals surface area (Å²) >= 11 is 1.46. The van der Waals surface area contributed by atoms with Crippen LogP contribution in [0.2, 0.25) is 0 Å². The largest absolute Gasteiger partial charge is 0.458 e. The first-order valence-corrected chi connectivity index (χ1v) is 9.78. The summed E-state index contributed by atoms with van der Waals surface area (Å²) in [6, 6.07) is 14.5. The highest BCUT2D eigenvalue weighted by Crippen LogP contribution is 2.24. The van der Waals surface area contributed by atoms with Gasteiger partial charge in [0.25, 0.3) is 11.1 Å². The highest BCUT2D eigenvalue weighted by Gasteiger charge is 2.12. The fourth-order valence-electron chi connectivity index (χ4n) is 2.89. The molecular weight excluding hydrogens is 390 g/mol. The molecule has 7 nitrogen and oxygen atoms in total. The first-order valence-electron chi connectivity index (χ1n) is 8.90. The molecule has 8 heteroatoms. The van der Waals surface area contributed by atoms with Crippen molar-refractivity contribution in [1.29, 1.82) is 0 Å². The van der Waals surface area contributed by atoms with Crippen LogP contribution in [0.25, 0.3) is 21.3 Å². The number of H-pyrrole nitrogens is 1. The van der Waals surface area contributed by atoms with Crippen LogP contribution in [-0.2, 0) is 22.7 Å². The van der Waals surface area contributed by atoms with E-state index >= 15 is 0 Å². The molecule has 2 aromatic heterocycles. The van der Waals surface area contributed by atoms with Gasteiger partial charge in [0.05, 0.1) is 16.5 Å². The number of aromatic nitrogens is 3. The number of nitrogens with zero attached hydrogens (tertiary/aromatic N) is 2. The van der Waals surface area contributed by atoms with Crippen LogP contribution in [-0.4, -0.2) is 20.7 Å². The molecule has 0 atom stereocenters. The minimum absolute atomic E-state index is 0.00619. The van der Waals surface area contributed by atoms with Crippen LogP contribution in [0.4, 0.5) is 0 Å². The lowest BCUT2D eigenvalue weighted by Crippen LogP contribution is -2.32. The highest BCUT2D eigenvalue weighted by atomic mass is 32.1. The van der Waals surface area contributed by atoms with Crippen LogP contribution >= 0.6 is 11.3 Å². The summed E-state index contributed by atoms with van der Waals surface area (Å²) in [7, 11) is 0. The van der Waals surface area contributed by atoms with Gasteiger partial charge in [-0.05, 0) is 19.1 Å². The zero-order valence-corrected chi connectivity index (χ0v) is 16.4. The topological polar surface area (TPSA) is 94.0 Å². The van der Waals surface area contributed by atoms with Crippen molar-refractivity contribution < 1.29 is 9.53 Å². The number of hydrogen-bond acceptors (Lipinski definition) is 6. The van der Waals surface area contributed by atoms with Crippen molar-refractivity contribution in [3.05, 3.63) is 85.9 Å². The van der Waals surface area contributed by atoms with Crippen molar-refractivity contribution in [2.45, 2.75) is 20.1 Å². The summed E-state index contributed by atoms with van der Waals surface area (Å²) < 4.78 is 6.19. The van der Waals surface area contributed by atoms with E-state index in [9.17, 15) is 14.4 Å². The summed E-state index contributed by atoms with van der Waals surface area (Å²) in [5, 5.41) is 5.62. The lowest BCUT2D eigenvalue weighted by molar-refractivity contribution is -0.146. The van der Waals surface area contributed by atoms with Gasteiger partial charge < -0.3 is 4.74 Å². The molecular formula is C21H17N3O4S. The Bertz CT molecular complexity index is 1300. The third kappa shape index (κ3) is 4.02. The number of aryl methyl sites for hydroxylation is 1. The number of aromatic amines is 1. The fourth-order valence-corrected chi connectivity index (χ4v) is 3.70. The first kappa shape index (κ1) is 18.8. The first-order chi connectivity index (χ1) is 14.0. The summed E-state index contributed by atoms with van der Waals surface area (Å²) in [5.41, 5.74) is 1.90. The van der Waals surface area contributed by atoms with E-state index in [-0.39, 0.29) is 23.9 Å². The second kappa shape index (κ2) is 7.84. The number of carbonyl (C=O) groups is 1. The molecule has 0 saturated heterocycles. The van der Waals surface area contributed by atoms with Crippen LogP contribution in [0.15, 0.2) is 63.5 Å². The molecule has 0 unspecified atom stereocenters. The third-order valence-corrected chi connectivity index (χ3v) is 5.34. The Balaban J connectivity index is 1.44. The molecule has 0 spiro atoms. The predicted octanol–water partition coefficient (Wildman–Crippen LogP) is 2.87. The lowest BCUT2D eigenvalue weighted by Gasteiger charge is -2.07. The second-order valence-corrected chi connectivity index (χ2v) is 7.41. The number of fused-ring (bicyclic) bond motifs is 1.